The lowest BCUT2D eigenvalue weighted by Gasteiger charge is -2.22. The minimum absolute atomic E-state index is 0.00491. The van der Waals surface area contributed by atoms with E-state index in [1.165, 1.54) is 0 Å². The highest BCUT2D eigenvalue weighted by molar-refractivity contribution is 5.76. The molecule has 0 aromatic carbocycles. The monoisotopic (exact) mass is 194 g/mol. The van der Waals surface area contributed by atoms with E-state index in [1.807, 2.05) is 17.8 Å². The Kier molecular flexibility index (Phi) is 3.09. The van der Waals surface area contributed by atoms with Gasteiger partial charge in [0, 0.05) is 32.3 Å². The molecule has 1 aromatic rings. The summed E-state index contributed by atoms with van der Waals surface area (Å²) in [4.78, 5) is 15.3. The molecule has 1 aromatic heterocycles. The maximum atomic E-state index is 11.0. The molecule has 0 aliphatic heterocycles. The fourth-order valence-electron chi connectivity index (χ4n) is 1.73. The summed E-state index contributed by atoms with van der Waals surface area (Å²) < 4.78 is 2.00. The molecule has 1 heterocycles. The van der Waals surface area contributed by atoms with Gasteiger partial charge in [0.2, 0.25) is 0 Å². The van der Waals surface area contributed by atoms with E-state index in [-0.39, 0.29) is 11.2 Å². The molecule has 3 nitrogen and oxygen atoms in total. The zero-order chi connectivity index (χ0) is 10.8. The van der Waals surface area contributed by atoms with Crippen LogP contribution in [0.5, 0.6) is 0 Å². The molecule has 0 unspecified atom stereocenters. The zero-order valence-electron chi connectivity index (χ0n) is 9.37. The van der Waals surface area contributed by atoms with Gasteiger partial charge in [0.25, 0.3) is 0 Å². The third-order valence-electron chi connectivity index (χ3n) is 2.29. The summed E-state index contributed by atoms with van der Waals surface area (Å²) >= 11 is 0. The predicted octanol–water partition coefficient (Wildman–Crippen LogP) is 1.97. The van der Waals surface area contributed by atoms with Crippen molar-refractivity contribution in [1.29, 1.82) is 0 Å². The average Bonchev–Trinajstić information content (AvgIpc) is 2.32. The number of Topliss-reactive ketones (excluding diaryl/α,β-unsaturated/α-hetero) is 1. The first-order chi connectivity index (χ1) is 6.41. The second kappa shape index (κ2) is 3.95. The normalized spacial score (nSPS) is 11.7. The second-order valence-corrected chi connectivity index (χ2v) is 4.67. The molecule has 0 saturated carbocycles. The van der Waals surface area contributed by atoms with Gasteiger partial charge in [-0.2, -0.15) is 0 Å². The van der Waals surface area contributed by atoms with Crippen molar-refractivity contribution >= 4 is 5.78 Å². The summed E-state index contributed by atoms with van der Waals surface area (Å²) in [6.45, 7) is 5.84. The molecule has 0 N–H and O–H groups in total. The van der Waals surface area contributed by atoms with Crippen molar-refractivity contribution in [3.05, 3.63) is 18.2 Å². The van der Waals surface area contributed by atoms with E-state index in [9.17, 15) is 4.79 Å². The number of imidazole rings is 1. The van der Waals surface area contributed by atoms with Gasteiger partial charge in [-0.1, -0.05) is 13.8 Å². The van der Waals surface area contributed by atoms with Gasteiger partial charge in [0.15, 0.2) is 0 Å². The molecule has 14 heavy (non-hydrogen) atoms. The molecule has 0 spiro atoms. The van der Waals surface area contributed by atoms with Gasteiger partial charge < -0.3 is 9.36 Å². The first-order valence-electron chi connectivity index (χ1n) is 4.86. The van der Waals surface area contributed by atoms with Crippen molar-refractivity contribution in [3.63, 3.8) is 0 Å². The molecule has 0 amide bonds. The van der Waals surface area contributed by atoms with Gasteiger partial charge >= 0.3 is 0 Å². The molecule has 0 aliphatic rings. The molecule has 0 aliphatic carbocycles. The van der Waals surface area contributed by atoms with E-state index in [2.05, 4.69) is 18.8 Å². The van der Waals surface area contributed by atoms with Crippen molar-refractivity contribution in [1.82, 2.24) is 9.55 Å². The lowest BCUT2D eigenvalue weighted by Crippen LogP contribution is -2.20. The van der Waals surface area contributed by atoms with Gasteiger partial charge in [0.05, 0.1) is 0 Å². The Balaban J connectivity index is 2.68. The van der Waals surface area contributed by atoms with Crippen LogP contribution in [0, 0.1) is 5.41 Å². The Morgan fingerprint density at radius 1 is 1.57 bits per heavy atom. The Labute approximate surface area is 85.2 Å². The fraction of sp³-hybridized carbons (Fsp3) is 0.636. The molecule has 0 bridgehead atoms. The van der Waals surface area contributed by atoms with E-state index in [0.717, 1.165) is 12.2 Å². The van der Waals surface area contributed by atoms with E-state index >= 15 is 0 Å². The molecule has 3 heteroatoms. The van der Waals surface area contributed by atoms with Crippen LogP contribution < -0.4 is 0 Å². The van der Waals surface area contributed by atoms with Crippen LogP contribution in [0.25, 0.3) is 0 Å². The highest BCUT2D eigenvalue weighted by atomic mass is 16.1. The molecule has 78 valence electrons. The largest absolute Gasteiger partial charge is 0.338 e. The van der Waals surface area contributed by atoms with Gasteiger partial charge in [0.1, 0.15) is 11.6 Å². The zero-order valence-corrected chi connectivity index (χ0v) is 9.37. The maximum Gasteiger partial charge on any atom is 0.130 e. The lowest BCUT2D eigenvalue weighted by molar-refractivity contribution is -0.118. The molecular formula is C11H18N2O. The van der Waals surface area contributed by atoms with E-state index in [0.29, 0.717) is 6.42 Å². The minimum Gasteiger partial charge on any atom is -0.338 e. The fourth-order valence-corrected chi connectivity index (χ4v) is 1.73. The van der Waals surface area contributed by atoms with E-state index in [1.54, 1.807) is 13.1 Å². The molecule has 0 radical (unpaired) electrons. The van der Waals surface area contributed by atoms with E-state index < -0.39 is 0 Å². The van der Waals surface area contributed by atoms with Crippen LogP contribution in [-0.2, 0) is 18.3 Å². The second-order valence-electron chi connectivity index (χ2n) is 4.67. The number of nitrogens with zero attached hydrogens (tertiary/aromatic N) is 2. The van der Waals surface area contributed by atoms with Gasteiger partial charge in [-0.15, -0.1) is 0 Å². The van der Waals surface area contributed by atoms with Crippen molar-refractivity contribution in [3.8, 4) is 0 Å². The van der Waals surface area contributed by atoms with Gasteiger partial charge in [-0.3, -0.25) is 0 Å². The Morgan fingerprint density at radius 2 is 2.21 bits per heavy atom. The number of rotatable bonds is 4. The summed E-state index contributed by atoms with van der Waals surface area (Å²) in [7, 11) is 1.98. The van der Waals surface area contributed by atoms with Crippen LogP contribution >= 0.6 is 0 Å². The third kappa shape index (κ3) is 2.98. The third-order valence-corrected chi connectivity index (χ3v) is 2.29. The summed E-state index contributed by atoms with van der Waals surface area (Å²) in [5, 5.41) is 0. The first kappa shape index (κ1) is 11.0. The smallest absolute Gasteiger partial charge is 0.130 e. The van der Waals surface area contributed by atoms with Crippen molar-refractivity contribution in [2.24, 2.45) is 12.5 Å². The van der Waals surface area contributed by atoms with E-state index in [4.69, 9.17) is 0 Å². The van der Waals surface area contributed by atoms with Gasteiger partial charge in [-0.05, 0) is 12.3 Å². The number of carbonyl (C=O) groups excluding carboxylic acids is 1. The SMILES string of the molecule is CC(=O)CC(C)(C)Cc1nccn1C. The van der Waals surface area contributed by atoms with Crippen LogP contribution in [0.1, 0.15) is 33.0 Å². The molecule has 0 fully saturated rings. The quantitative estimate of drug-likeness (QED) is 0.734. The maximum absolute atomic E-state index is 11.0. The summed E-state index contributed by atoms with van der Waals surface area (Å²) in [6, 6.07) is 0. The number of aromatic nitrogens is 2. The van der Waals surface area contributed by atoms with Crippen molar-refractivity contribution in [2.75, 3.05) is 0 Å². The number of hydrogen-bond acceptors (Lipinski definition) is 2. The highest BCUT2D eigenvalue weighted by Crippen LogP contribution is 2.25. The highest BCUT2D eigenvalue weighted by Gasteiger charge is 2.22. The van der Waals surface area contributed by atoms with Crippen LogP contribution in [0.2, 0.25) is 0 Å². The molecule has 1 rings (SSSR count). The van der Waals surface area contributed by atoms with Crippen LogP contribution in [0.3, 0.4) is 0 Å². The van der Waals surface area contributed by atoms with Crippen molar-refractivity contribution in [2.45, 2.75) is 33.6 Å². The van der Waals surface area contributed by atoms with Crippen LogP contribution in [0.15, 0.2) is 12.4 Å². The van der Waals surface area contributed by atoms with Crippen LogP contribution in [-0.4, -0.2) is 15.3 Å². The molecule has 0 atom stereocenters. The lowest BCUT2D eigenvalue weighted by atomic mass is 9.84. The van der Waals surface area contributed by atoms with Crippen molar-refractivity contribution < 1.29 is 4.79 Å². The Morgan fingerprint density at radius 3 is 2.64 bits per heavy atom. The Hall–Kier alpha value is -1.12. The summed E-state index contributed by atoms with van der Waals surface area (Å²) in [5.74, 6) is 1.28. The molecule has 0 saturated heterocycles. The topological polar surface area (TPSA) is 34.9 Å². The average molecular weight is 194 g/mol. The van der Waals surface area contributed by atoms with Crippen LogP contribution in [0.4, 0.5) is 0 Å². The minimum atomic E-state index is 0.00491. The number of aryl methyl sites for hydroxylation is 1. The number of hydrogen-bond donors (Lipinski definition) is 0. The van der Waals surface area contributed by atoms with Gasteiger partial charge in [-0.25, -0.2) is 4.98 Å². The Bertz CT molecular complexity index is 326. The molecular weight excluding hydrogens is 176 g/mol. The summed E-state index contributed by atoms with van der Waals surface area (Å²) in [5.41, 5.74) is 0.00491. The number of carbonyl (C=O) groups is 1. The predicted molar refractivity (Wildman–Crippen MR) is 56.0 cm³/mol. The first-order valence-corrected chi connectivity index (χ1v) is 4.86. The summed E-state index contributed by atoms with van der Waals surface area (Å²) in [6.07, 6.45) is 5.17. The number of ketones is 1. The standard InChI is InChI=1S/C11H18N2O/c1-9(14)7-11(2,3)8-10-12-5-6-13(10)4/h5-6H,7-8H2,1-4H3.